The molecule has 2 heteroatoms. The minimum Gasteiger partial charge on any atom is -0.310 e. The van der Waals surface area contributed by atoms with Crippen molar-refractivity contribution in [3.63, 3.8) is 0 Å². The number of hydrogen-bond acceptors (Lipinski definition) is 1. The number of anilines is 3. The first kappa shape index (κ1) is 38.5. The second-order valence-electron chi connectivity index (χ2n) is 17.7. The van der Waals surface area contributed by atoms with Crippen LogP contribution in [0.2, 0.25) is 0 Å². The van der Waals surface area contributed by atoms with E-state index < -0.39 is 0 Å². The zero-order chi connectivity index (χ0) is 43.5. The first-order valence-electron chi connectivity index (χ1n) is 22.6. The van der Waals surface area contributed by atoms with Crippen LogP contribution in [0.25, 0.3) is 83.1 Å². The van der Waals surface area contributed by atoms with Crippen LogP contribution in [0.5, 0.6) is 0 Å². The van der Waals surface area contributed by atoms with Gasteiger partial charge in [0, 0.05) is 38.8 Å². The van der Waals surface area contributed by atoms with Crippen LogP contribution in [0.15, 0.2) is 243 Å². The van der Waals surface area contributed by atoms with E-state index in [1.54, 1.807) is 0 Å². The van der Waals surface area contributed by atoms with Gasteiger partial charge in [-0.25, -0.2) is 0 Å². The van der Waals surface area contributed by atoms with Crippen molar-refractivity contribution in [3.05, 3.63) is 254 Å². The minimum absolute atomic E-state index is 0.123. The van der Waals surface area contributed by atoms with Crippen molar-refractivity contribution in [2.24, 2.45) is 0 Å². The molecular formula is C63H46N2. The van der Waals surface area contributed by atoms with E-state index in [0.717, 1.165) is 22.7 Å². The second-order valence-corrected chi connectivity index (χ2v) is 17.7. The molecule has 0 N–H and O–H groups in total. The molecule has 1 aliphatic rings. The summed E-state index contributed by atoms with van der Waals surface area (Å²) in [7, 11) is 0. The lowest BCUT2D eigenvalue weighted by Crippen LogP contribution is -2.16. The summed E-state index contributed by atoms with van der Waals surface area (Å²) in [5.74, 6) is 0. The molecule has 0 amide bonds. The predicted molar refractivity (Wildman–Crippen MR) is 275 cm³/mol. The number of nitrogens with zero attached hydrogens (tertiary/aromatic N) is 2. The van der Waals surface area contributed by atoms with Gasteiger partial charge in [-0.15, -0.1) is 0 Å². The first-order valence-corrected chi connectivity index (χ1v) is 22.6. The monoisotopic (exact) mass is 830 g/mol. The first-order chi connectivity index (χ1) is 32.0. The van der Waals surface area contributed by atoms with Crippen molar-refractivity contribution in [1.82, 2.24) is 4.57 Å². The lowest BCUT2D eigenvalue weighted by atomic mass is 9.82. The van der Waals surface area contributed by atoms with Crippen molar-refractivity contribution in [2.45, 2.75) is 19.3 Å². The Morgan fingerprint density at radius 3 is 1.48 bits per heavy atom. The molecule has 0 saturated heterocycles. The van der Waals surface area contributed by atoms with Crippen LogP contribution in [0.3, 0.4) is 0 Å². The molecule has 0 saturated carbocycles. The largest absolute Gasteiger partial charge is 0.310 e. The summed E-state index contributed by atoms with van der Waals surface area (Å²) in [4.78, 5) is 2.44. The SMILES string of the molecule is CC1(C)c2ccccc2-c2ccc(N(c3ccc(-c4ccc(-c5ccc(-n6c7ccccc7c7ccccc76)cc5)cc4)cc3)c3ccccc3-c3cccc(-c4ccccc4)c3)cc21. The van der Waals surface area contributed by atoms with E-state index in [0.29, 0.717) is 0 Å². The quantitative estimate of drug-likeness (QED) is 0.148. The second kappa shape index (κ2) is 15.6. The molecule has 1 heterocycles. The molecule has 1 aliphatic carbocycles. The van der Waals surface area contributed by atoms with Crippen LogP contribution >= 0.6 is 0 Å². The fourth-order valence-electron chi connectivity index (χ4n) is 10.3. The van der Waals surface area contributed by atoms with Gasteiger partial charge < -0.3 is 9.47 Å². The highest BCUT2D eigenvalue weighted by Gasteiger charge is 2.36. The Morgan fingerprint density at radius 2 is 0.800 bits per heavy atom. The Kier molecular flexibility index (Phi) is 9.21. The van der Waals surface area contributed by atoms with Crippen LogP contribution in [-0.4, -0.2) is 4.57 Å². The molecule has 0 bridgehead atoms. The smallest absolute Gasteiger partial charge is 0.0541 e. The molecule has 0 fully saturated rings. The third-order valence-electron chi connectivity index (χ3n) is 13.6. The van der Waals surface area contributed by atoms with Gasteiger partial charge >= 0.3 is 0 Å². The summed E-state index contributed by atoms with van der Waals surface area (Å²) in [6.45, 7) is 4.72. The van der Waals surface area contributed by atoms with Crippen LogP contribution < -0.4 is 4.90 Å². The molecule has 0 radical (unpaired) electrons. The molecule has 308 valence electrons. The van der Waals surface area contributed by atoms with Gasteiger partial charge in [0.2, 0.25) is 0 Å². The molecular weight excluding hydrogens is 785 g/mol. The molecule has 0 unspecified atom stereocenters. The van der Waals surface area contributed by atoms with E-state index in [2.05, 4.69) is 266 Å². The van der Waals surface area contributed by atoms with Gasteiger partial charge in [0.05, 0.1) is 16.7 Å². The van der Waals surface area contributed by atoms with Crippen LogP contribution in [0, 0.1) is 0 Å². The number of para-hydroxylation sites is 3. The highest BCUT2D eigenvalue weighted by atomic mass is 15.1. The maximum absolute atomic E-state index is 2.44. The van der Waals surface area contributed by atoms with Crippen molar-refractivity contribution < 1.29 is 0 Å². The number of fused-ring (bicyclic) bond motifs is 6. The molecule has 2 nitrogen and oxygen atoms in total. The lowest BCUT2D eigenvalue weighted by Gasteiger charge is -2.30. The Balaban J connectivity index is 0.893. The van der Waals surface area contributed by atoms with E-state index in [1.807, 2.05) is 0 Å². The maximum atomic E-state index is 2.44. The van der Waals surface area contributed by atoms with Crippen LogP contribution in [-0.2, 0) is 5.41 Å². The van der Waals surface area contributed by atoms with Crippen molar-refractivity contribution in [3.8, 4) is 61.3 Å². The lowest BCUT2D eigenvalue weighted by molar-refractivity contribution is 0.660. The summed E-state index contributed by atoms with van der Waals surface area (Å²) < 4.78 is 2.37. The molecule has 0 spiro atoms. The summed E-state index contributed by atoms with van der Waals surface area (Å²) in [5, 5.41) is 2.55. The third kappa shape index (κ3) is 6.57. The van der Waals surface area contributed by atoms with Crippen molar-refractivity contribution in [1.29, 1.82) is 0 Å². The normalized spacial score (nSPS) is 12.6. The molecule has 11 aromatic rings. The molecule has 0 atom stereocenters. The molecule has 10 aromatic carbocycles. The van der Waals surface area contributed by atoms with Gasteiger partial charge in [-0.2, -0.15) is 0 Å². The van der Waals surface area contributed by atoms with E-state index in [-0.39, 0.29) is 5.41 Å². The average molecular weight is 831 g/mol. The van der Waals surface area contributed by atoms with E-state index in [4.69, 9.17) is 0 Å². The van der Waals surface area contributed by atoms with Crippen molar-refractivity contribution in [2.75, 3.05) is 4.90 Å². The molecule has 0 aliphatic heterocycles. The van der Waals surface area contributed by atoms with Crippen molar-refractivity contribution >= 4 is 38.9 Å². The minimum atomic E-state index is -0.123. The fraction of sp³-hybridized carbons (Fsp3) is 0.0476. The standard InChI is InChI=1S/C63H46N2/c1-63(2)58-23-10-6-20-54(58)55-40-39-52(42-59(55)63)64(60-24-11-7-19-53(60)49-18-14-17-48(41-49)43-15-4-3-5-16-43)50-35-31-46(32-36-50)44-27-29-45(30-28-44)47-33-37-51(38-34-47)65-61-25-12-8-21-56(61)57-22-9-13-26-62(57)65/h3-42H,1-2H3. The fourth-order valence-corrected chi connectivity index (χ4v) is 10.3. The Morgan fingerprint density at radius 1 is 0.323 bits per heavy atom. The molecule has 65 heavy (non-hydrogen) atoms. The molecule has 12 rings (SSSR count). The Hall–Kier alpha value is -8.20. The van der Waals surface area contributed by atoms with Gasteiger partial charge in [0.25, 0.3) is 0 Å². The highest BCUT2D eigenvalue weighted by Crippen LogP contribution is 2.51. The van der Waals surface area contributed by atoms with E-state index in [1.165, 1.54) is 88.6 Å². The molecule has 1 aromatic heterocycles. The summed E-state index contributed by atoms with van der Waals surface area (Å²) >= 11 is 0. The van der Waals surface area contributed by atoms with Gasteiger partial charge in [0.1, 0.15) is 0 Å². The van der Waals surface area contributed by atoms with E-state index in [9.17, 15) is 0 Å². The third-order valence-corrected chi connectivity index (χ3v) is 13.6. The predicted octanol–water partition coefficient (Wildman–Crippen LogP) is 17.2. The van der Waals surface area contributed by atoms with Crippen LogP contribution in [0.4, 0.5) is 17.1 Å². The number of aromatic nitrogens is 1. The topological polar surface area (TPSA) is 8.17 Å². The summed E-state index contributed by atoms with van der Waals surface area (Å²) in [5.41, 5.74) is 21.7. The Bertz CT molecular complexity index is 3490. The zero-order valence-corrected chi connectivity index (χ0v) is 36.5. The van der Waals surface area contributed by atoms with Gasteiger partial charge in [0.15, 0.2) is 0 Å². The average Bonchev–Trinajstić information content (AvgIpc) is 3.83. The number of rotatable bonds is 8. The summed E-state index contributed by atoms with van der Waals surface area (Å²) in [6.07, 6.45) is 0. The van der Waals surface area contributed by atoms with Gasteiger partial charge in [-0.05, 0) is 122 Å². The number of hydrogen-bond donors (Lipinski definition) is 0. The zero-order valence-electron chi connectivity index (χ0n) is 36.5. The van der Waals surface area contributed by atoms with E-state index >= 15 is 0 Å². The maximum Gasteiger partial charge on any atom is 0.0541 e. The number of benzene rings is 10. The Labute approximate surface area is 381 Å². The summed E-state index contributed by atoms with van der Waals surface area (Å²) in [6, 6.07) is 88.8. The van der Waals surface area contributed by atoms with Crippen LogP contribution in [0.1, 0.15) is 25.0 Å². The highest BCUT2D eigenvalue weighted by molar-refractivity contribution is 6.09. The van der Waals surface area contributed by atoms with Gasteiger partial charge in [-0.3, -0.25) is 0 Å². The van der Waals surface area contributed by atoms with Gasteiger partial charge in [-0.1, -0.05) is 196 Å².